The van der Waals surface area contributed by atoms with E-state index in [0.29, 0.717) is 18.2 Å². The predicted octanol–water partition coefficient (Wildman–Crippen LogP) is 4.18. The van der Waals surface area contributed by atoms with Gasteiger partial charge in [-0.25, -0.2) is 4.39 Å². The zero-order chi connectivity index (χ0) is 17.6. The first-order chi connectivity index (χ1) is 12.1. The van der Waals surface area contributed by atoms with E-state index in [1.807, 2.05) is 37.3 Å². The van der Waals surface area contributed by atoms with Gasteiger partial charge in [-0.2, -0.15) is 10.2 Å². The van der Waals surface area contributed by atoms with Crippen molar-refractivity contribution < 1.29 is 13.5 Å². The number of nitrogens with one attached hydrogen (secondary N) is 1. The Morgan fingerprint density at radius 2 is 2.04 bits per heavy atom. The van der Waals surface area contributed by atoms with Crippen LogP contribution in [0.15, 0.2) is 52.9 Å². The molecule has 3 aromatic rings. The number of aromatic nitrogens is 1. The van der Waals surface area contributed by atoms with E-state index in [9.17, 15) is 9.65 Å². The molecule has 25 heavy (non-hydrogen) atoms. The third-order valence-electron chi connectivity index (χ3n) is 3.50. The fourth-order valence-corrected chi connectivity index (χ4v) is 2.26. The van der Waals surface area contributed by atoms with Crippen LogP contribution in [0, 0.1) is 24.1 Å². The standard InChI is InChI=1S/C19H16FN3O2/c1-13-3-2-4-16(9-13)24-12-18-23-17(10-21)19(25-18)22-11-14-5-7-15(20)8-6-14/h2-9,22H,11-12H2,1H3. The summed E-state index contributed by atoms with van der Waals surface area (Å²) in [5.74, 6) is 0.989. The van der Waals surface area contributed by atoms with Crippen molar-refractivity contribution in [2.75, 3.05) is 5.32 Å². The molecule has 0 bridgehead atoms. The lowest BCUT2D eigenvalue weighted by Gasteiger charge is -2.04. The molecule has 0 aliphatic carbocycles. The Labute approximate surface area is 144 Å². The Balaban J connectivity index is 1.64. The van der Waals surface area contributed by atoms with Crippen LogP contribution < -0.4 is 10.1 Å². The number of ether oxygens (including phenoxy) is 1. The molecule has 1 aromatic heterocycles. The first kappa shape index (κ1) is 16.5. The van der Waals surface area contributed by atoms with Crippen LogP contribution in [0.25, 0.3) is 0 Å². The summed E-state index contributed by atoms with van der Waals surface area (Å²) in [5.41, 5.74) is 2.11. The summed E-state index contributed by atoms with van der Waals surface area (Å²) in [6.45, 7) is 2.49. The fraction of sp³-hybridized carbons (Fsp3) is 0.158. The lowest BCUT2D eigenvalue weighted by atomic mass is 10.2. The average molecular weight is 337 g/mol. The van der Waals surface area contributed by atoms with E-state index in [2.05, 4.69) is 10.3 Å². The molecule has 0 amide bonds. The molecule has 0 aliphatic heterocycles. The summed E-state index contributed by atoms with van der Waals surface area (Å²) >= 11 is 0. The van der Waals surface area contributed by atoms with Crippen molar-refractivity contribution in [2.45, 2.75) is 20.1 Å². The Hall–Kier alpha value is -3.33. The molecular formula is C19H16FN3O2. The molecule has 0 radical (unpaired) electrons. The molecule has 5 nitrogen and oxygen atoms in total. The number of anilines is 1. The van der Waals surface area contributed by atoms with Gasteiger partial charge in [0.2, 0.25) is 17.5 Å². The third kappa shape index (κ3) is 4.36. The SMILES string of the molecule is Cc1cccc(OCc2nc(C#N)c(NCc3ccc(F)cc3)o2)c1. The van der Waals surface area contributed by atoms with Crippen LogP contribution in [0.2, 0.25) is 0 Å². The van der Waals surface area contributed by atoms with E-state index < -0.39 is 0 Å². The quantitative estimate of drug-likeness (QED) is 0.730. The molecular weight excluding hydrogens is 321 g/mol. The van der Waals surface area contributed by atoms with Gasteiger partial charge in [0.15, 0.2) is 6.61 Å². The number of rotatable bonds is 6. The number of nitriles is 1. The summed E-state index contributed by atoms with van der Waals surface area (Å²) < 4.78 is 24.1. The van der Waals surface area contributed by atoms with Crippen LogP contribution in [-0.4, -0.2) is 4.98 Å². The van der Waals surface area contributed by atoms with E-state index in [1.54, 1.807) is 12.1 Å². The second-order valence-corrected chi connectivity index (χ2v) is 5.48. The number of benzene rings is 2. The van der Waals surface area contributed by atoms with Gasteiger partial charge in [-0.1, -0.05) is 24.3 Å². The Bertz CT molecular complexity index is 898. The zero-order valence-corrected chi connectivity index (χ0v) is 13.6. The van der Waals surface area contributed by atoms with E-state index in [0.717, 1.165) is 11.1 Å². The van der Waals surface area contributed by atoms with Gasteiger partial charge in [-0.3, -0.25) is 0 Å². The molecule has 126 valence electrons. The van der Waals surface area contributed by atoms with Gasteiger partial charge >= 0.3 is 0 Å². The first-order valence-corrected chi connectivity index (χ1v) is 7.71. The molecule has 0 saturated carbocycles. The minimum atomic E-state index is -0.295. The number of hydrogen-bond acceptors (Lipinski definition) is 5. The summed E-state index contributed by atoms with van der Waals surface area (Å²) in [6, 6.07) is 15.7. The van der Waals surface area contributed by atoms with Crippen molar-refractivity contribution in [3.8, 4) is 11.8 Å². The maximum absolute atomic E-state index is 12.9. The molecule has 0 unspecified atom stereocenters. The van der Waals surface area contributed by atoms with Crippen molar-refractivity contribution >= 4 is 5.88 Å². The van der Waals surface area contributed by atoms with E-state index >= 15 is 0 Å². The molecule has 0 fully saturated rings. The highest BCUT2D eigenvalue weighted by molar-refractivity contribution is 5.45. The summed E-state index contributed by atoms with van der Waals surface area (Å²) in [5, 5.41) is 12.2. The minimum absolute atomic E-state index is 0.121. The van der Waals surface area contributed by atoms with Crippen LogP contribution >= 0.6 is 0 Å². The predicted molar refractivity (Wildman–Crippen MR) is 90.5 cm³/mol. The lowest BCUT2D eigenvalue weighted by Crippen LogP contribution is -1.99. The largest absolute Gasteiger partial charge is 0.484 e. The van der Waals surface area contributed by atoms with Crippen molar-refractivity contribution in [3.05, 3.63) is 77.1 Å². The first-order valence-electron chi connectivity index (χ1n) is 7.71. The number of aryl methyl sites for hydroxylation is 1. The molecule has 0 saturated heterocycles. The van der Waals surface area contributed by atoms with Gasteiger partial charge in [-0.15, -0.1) is 0 Å². The molecule has 6 heteroatoms. The highest BCUT2D eigenvalue weighted by Gasteiger charge is 2.13. The van der Waals surface area contributed by atoms with Gasteiger partial charge in [-0.05, 0) is 42.3 Å². The van der Waals surface area contributed by atoms with Crippen molar-refractivity contribution in [1.29, 1.82) is 5.26 Å². The van der Waals surface area contributed by atoms with Gasteiger partial charge in [0.25, 0.3) is 0 Å². The number of halogens is 1. The number of nitrogens with zero attached hydrogens (tertiary/aromatic N) is 2. The molecule has 1 heterocycles. The van der Waals surface area contributed by atoms with Gasteiger partial charge in [0, 0.05) is 6.54 Å². The topological polar surface area (TPSA) is 71.1 Å². The zero-order valence-electron chi connectivity index (χ0n) is 13.6. The average Bonchev–Trinajstić information content (AvgIpc) is 3.02. The van der Waals surface area contributed by atoms with E-state index in [4.69, 9.17) is 9.15 Å². The molecule has 3 rings (SSSR count). The second kappa shape index (κ2) is 7.49. The van der Waals surface area contributed by atoms with Crippen LogP contribution in [0.3, 0.4) is 0 Å². The Morgan fingerprint density at radius 3 is 2.76 bits per heavy atom. The Morgan fingerprint density at radius 1 is 1.24 bits per heavy atom. The maximum Gasteiger partial charge on any atom is 0.236 e. The molecule has 0 spiro atoms. The highest BCUT2D eigenvalue weighted by atomic mass is 19.1. The smallest absolute Gasteiger partial charge is 0.236 e. The van der Waals surface area contributed by atoms with Crippen molar-refractivity contribution in [2.24, 2.45) is 0 Å². The van der Waals surface area contributed by atoms with Gasteiger partial charge in [0.1, 0.15) is 17.6 Å². The van der Waals surface area contributed by atoms with E-state index in [-0.39, 0.29) is 24.0 Å². The summed E-state index contributed by atoms with van der Waals surface area (Å²) in [4.78, 5) is 4.12. The van der Waals surface area contributed by atoms with Crippen molar-refractivity contribution in [1.82, 2.24) is 4.98 Å². The molecule has 1 N–H and O–H groups in total. The van der Waals surface area contributed by atoms with Crippen LogP contribution in [0.5, 0.6) is 5.75 Å². The van der Waals surface area contributed by atoms with Crippen LogP contribution in [-0.2, 0) is 13.2 Å². The summed E-state index contributed by atoms with van der Waals surface area (Å²) in [6.07, 6.45) is 0. The molecule has 0 aliphatic rings. The van der Waals surface area contributed by atoms with Crippen LogP contribution in [0.4, 0.5) is 10.3 Å². The second-order valence-electron chi connectivity index (χ2n) is 5.48. The Kier molecular flexibility index (Phi) is 4.95. The lowest BCUT2D eigenvalue weighted by molar-refractivity contribution is 0.264. The monoisotopic (exact) mass is 337 g/mol. The van der Waals surface area contributed by atoms with E-state index in [1.165, 1.54) is 12.1 Å². The maximum atomic E-state index is 12.9. The normalized spacial score (nSPS) is 10.3. The van der Waals surface area contributed by atoms with Crippen molar-refractivity contribution in [3.63, 3.8) is 0 Å². The summed E-state index contributed by atoms with van der Waals surface area (Å²) in [7, 11) is 0. The van der Waals surface area contributed by atoms with Gasteiger partial charge in [0.05, 0.1) is 0 Å². The third-order valence-corrected chi connectivity index (χ3v) is 3.50. The number of hydrogen-bond donors (Lipinski definition) is 1. The number of oxazole rings is 1. The molecule has 2 aromatic carbocycles. The van der Waals surface area contributed by atoms with Gasteiger partial charge < -0.3 is 14.5 Å². The highest BCUT2D eigenvalue weighted by Crippen LogP contribution is 2.20. The van der Waals surface area contributed by atoms with Crippen LogP contribution in [0.1, 0.15) is 22.7 Å². The molecule has 0 atom stereocenters. The minimum Gasteiger partial charge on any atom is -0.484 e. The fourth-order valence-electron chi connectivity index (χ4n) is 2.26.